The molecule has 112 valence electrons. The van der Waals surface area contributed by atoms with Crippen LogP contribution in [0.2, 0.25) is 0 Å². The van der Waals surface area contributed by atoms with Crippen molar-refractivity contribution in [3.63, 3.8) is 0 Å². The monoisotopic (exact) mass is 303 g/mol. The molecule has 0 aliphatic rings. The minimum Gasteiger partial charge on any atom is -0.369 e. The van der Waals surface area contributed by atoms with Crippen LogP contribution in [0.3, 0.4) is 0 Å². The molecule has 1 rings (SSSR count). The lowest BCUT2D eigenvalue weighted by Crippen LogP contribution is -2.41. The predicted molar refractivity (Wildman–Crippen MR) is 72.7 cm³/mol. The quantitative estimate of drug-likeness (QED) is 0.611. The number of hydrogen-bond donors (Lipinski definition) is 2. The SMILES string of the molecule is CC(C)ON(c1ccccc1)[C@@H](C)C(=O)OP(=O)(O)O. The molecule has 1 aromatic rings. The molecule has 0 aliphatic carbocycles. The van der Waals surface area contributed by atoms with Gasteiger partial charge in [-0.2, -0.15) is 0 Å². The number of phosphoric ester groups is 1. The van der Waals surface area contributed by atoms with Crippen LogP contribution in [0.1, 0.15) is 20.8 Å². The first-order chi connectivity index (χ1) is 9.20. The molecular formula is C12H18NO6P. The molecule has 0 radical (unpaired) electrons. The third-order valence-corrected chi connectivity index (χ3v) is 2.65. The van der Waals surface area contributed by atoms with E-state index in [-0.39, 0.29) is 6.10 Å². The molecule has 0 saturated heterocycles. The highest BCUT2D eigenvalue weighted by Gasteiger charge is 2.30. The maximum Gasteiger partial charge on any atom is 0.527 e. The second kappa shape index (κ2) is 6.85. The summed E-state index contributed by atoms with van der Waals surface area (Å²) in [7, 11) is -4.87. The van der Waals surface area contributed by atoms with Gasteiger partial charge < -0.3 is 4.52 Å². The number of rotatable bonds is 6. The lowest BCUT2D eigenvalue weighted by Gasteiger charge is -2.30. The smallest absolute Gasteiger partial charge is 0.369 e. The van der Waals surface area contributed by atoms with Gasteiger partial charge in [-0.3, -0.25) is 14.6 Å². The van der Waals surface area contributed by atoms with Crippen LogP contribution in [0, 0.1) is 0 Å². The van der Waals surface area contributed by atoms with E-state index in [9.17, 15) is 9.36 Å². The molecule has 0 heterocycles. The minimum atomic E-state index is -4.87. The van der Waals surface area contributed by atoms with E-state index in [2.05, 4.69) is 4.52 Å². The summed E-state index contributed by atoms with van der Waals surface area (Å²) in [6, 6.07) is 7.73. The Morgan fingerprint density at radius 1 is 1.20 bits per heavy atom. The van der Waals surface area contributed by atoms with E-state index >= 15 is 0 Å². The second-order valence-electron chi connectivity index (χ2n) is 4.39. The zero-order valence-electron chi connectivity index (χ0n) is 11.5. The van der Waals surface area contributed by atoms with Gasteiger partial charge in [-0.15, -0.1) is 0 Å². The Kier molecular flexibility index (Phi) is 5.71. The first-order valence-electron chi connectivity index (χ1n) is 6.00. The Hall–Kier alpha value is -1.40. The van der Waals surface area contributed by atoms with Crippen LogP contribution < -0.4 is 5.06 Å². The van der Waals surface area contributed by atoms with Crippen molar-refractivity contribution in [2.24, 2.45) is 0 Å². The van der Waals surface area contributed by atoms with Crippen LogP contribution in [0.5, 0.6) is 0 Å². The molecule has 8 heteroatoms. The summed E-state index contributed by atoms with van der Waals surface area (Å²) in [5.41, 5.74) is 0.580. The summed E-state index contributed by atoms with van der Waals surface area (Å²) < 4.78 is 14.8. The van der Waals surface area contributed by atoms with Gasteiger partial charge in [0, 0.05) is 0 Å². The van der Waals surface area contributed by atoms with Gasteiger partial charge in [0.25, 0.3) is 0 Å². The topological polar surface area (TPSA) is 96.3 Å². The van der Waals surface area contributed by atoms with Gasteiger partial charge in [0.05, 0.1) is 11.8 Å². The van der Waals surface area contributed by atoms with Crippen LogP contribution in [-0.2, 0) is 18.7 Å². The normalized spacial score (nSPS) is 13.1. The van der Waals surface area contributed by atoms with Gasteiger partial charge in [-0.05, 0) is 32.9 Å². The van der Waals surface area contributed by atoms with Crippen molar-refractivity contribution in [1.29, 1.82) is 0 Å². The van der Waals surface area contributed by atoms with E-state index in [1.165, 1.54) is 12.0 Å². The zero-order valence-corrected chi connectivity index (χ0v) is 12.4. The largest absolute Gasteiger partial charge is 0.527 e. The summed E-state index contributed by atoms with van der Waals surface area (Å²) >= 11 is 0. The number of hydrogen-bond acceptors (Lipinski definition) is 5. The highest BCUT2D eigenvalue weighted by atomic mass is 31.2. The van der Waals surface area contributed by atoms with Crippen LogP contribution in [-0.4, -0.2) is 27.9 Å². The average Bonchev–Trinajstić information content (AvgIpc) is 2.34. The maximum atomic E-state index is 11.7. The fraction of sp³-hybridized carbons (Fsp3) is 0.417. The second-order valence-corrected chi connectivity index (χ2v) is 5.56. The fourth-order valence-corrected chi connectivity index (χ4v) is 1.85. The van der Waals surface area contributed by atoms with E-state index in [1.54, 1.807) is 44.2 Å². The van der Waals surface area contributed by atoms with Gasteiger partial charge >= 0.3 is 13.8 Å². The summed E-state index contributed by atoms with van der Waals surface area (Å²) in [5, 5.41) is 1.27. The first kappa shape index (κ1) is 16.7. The van der Waals surface area contributed by atoms with Crippen LogP contribution >= 0.6 is 7.82 Å². The Balaban J connectivity index is 2.94. The summed E-state index contributed by atoms with van der Waals surface area (Å²) in [5.74, 6) is -1.07. The van der Waals surface area contributed by atoms with Crippen LogP contribution in [0.4, 0.5) is 5.69 Å². The van der Waals surface area contributed by atoms with E-state index < -0.39 is 19.8 Å². The number of benzene rings is 1. The van der Waals surface area contributed by atoms with Crippen molar-refractivity contribution in [2.75, 3.05) is 5.06 Å². The molecule has 7 nitrogen and oxygen atoms in total. The summed E-state index contributed by atoms with van der Waals surface area (Å²) in [6.45, 7) is 4.99. The molecule has 0 spiro atoms. The number of hydroxylamine groups is 1. The molecule has 0 aromatic heterocycles. The Labute approximate surface area is 117 Å². The fourth-order valence-electron chi connectivity index (χ4n) is 1.47. The standard InChI is InChI=1S/C12H18NO6P/c1-9(2)18-13(11-7-5-4-6-8-11)10(3)12(14)19-20(15,16)17/h4-10H,1-3H3,(H2,15,16,17)/t10-/m0/s1. The third-order valence-electron chi connectivity index (χ3n) is 2.24. The van der Waals surface area contributed by atoms with Gasteiger partial charge in [0.1, 0.15) is 0 Å². The summed E-state index contributed by atoms with van der Waals surface area (Å²) in [6.07, 6.45) is -0.222. The van der Waals surface area contributed by atoms with E-state index in [1.807, 2.05) is 0 Å². The minimum absolute atomic E-state index is 0.222. The highest BCUT2D eigenvalue weighted by Crippen LogP contribution is 2.37. The lowest BCUT2D eigenvalue weighted by molar-refractivity contribution is -0.139. The van der Waals surface area contributed by atoms with Gasteiger partial charge in [0.15, 0.2) is 6.04 Å². The number of carbonyl (C=O) groups excluding carboxylic acids is 1. The Morgan fingerprint density at radius 2 is 1.75 bits per heavy atom. The molecule has 1 aromatic carbocycles. The molecule has 2 N–H and O–H groups in total. The molecule has 0 saturated carbocycles. The van der Waals surface area contributed by atoms with Gasteiger partial charge in [-0.1, -0.05) is 18.2 Å². The average molecular weight is 303 g/mol. The number of para-hydroxylation sites is 1. The van der Waals surface area contributed by atoms with Crippen LogP contribution in [0.25, 0.3) is 0 Å². The molecule has 0 amide bonds. The Bertz CT molecular complexity index is 486. The first-order valence-corrected chi connectivity index (χ1v) is 7.54. The zero-order chi connectivity index (χ0) is 15.3. The number of anilines is 1. The van der Waals surface area contributed by atoms with Gasteiger partial charge in [-0.25, -0.2) is 14.4 Å². The lowest BCUT2D eigenvalue weighted by atomic mass is 10.2. The maximum absolute atomic E-state index is 11.7. The van der Waals surface area contributed by atoms with Crippen molar-refractivity contribution in [3.8, 4) is 0 Å². The third kappa shape index (κ3) is 5.30. The van der Waals surface area contributed by atoms with E-state index in [4.69, 9.17) is 14.6 Å². The van der Waals surface area contributed by atoms with E-state index in [0.717, 1.165) is 0 Å². The molecular weight excluding hydrogens is 285 g/mol. The van der Waals surface area contributed by atoms with E-state index in [0.29, 0.717) is 5.69 Å². The van der Waals surface area contributed by atoms with Gasteiger partial charge in [0.2, 0.25) is 0 Å². The van der Waals surface area contributed by atoms with Crippen LogP contribution in [0.15, 0.2) is 30.3 Å². The predicted octanol–water partition coefficient (Wildman–Crippen LogP) is 1.86. The molecule has 20 heavy (non-hydrogen) atoms. The number of carbonyl (C=O) groups is 1. The number of nitrogens with zero attached hydrogens (tertiary/aromatic N) is 1. The van der Waals surface area contributed by atoms with Crippen molar-refractivity contribution >= 4 is 19.5 Å². The number of phosphoric acid groups is 1. The van der Waals surface area contributed by atoms with Crippen molar-refractivity contribution in [3.05, 3.63) is 30.3 Å². The highest BCUT2D eigenvalue weighted by molar-refractivity contribution is 7.46. The summed E-state index contributed by atoms with van der Waals surface area (Å²) in [4.78, 5) is 34.6. The van der Waals surface area contributed by atoms with Crippen molar-refractivity contribution in [2.45, 2.75) is 32.9 Å². The molecule has 0 aliphatic heterocycles. The molecule has 1 atom stereocenters. The van der Waals surface area contributed by atoms with Crippen molar-refractivity contribution in [1.82, 2.24) is 0 Å². The molecule has 0 fully saturated rings. The Morgan fingerprint density at radius 3 is 2.20 bits per heavy atom. The van der Waals surface area contributed by atoms with Crippen molar-refractivity contribution < 1.29 is 28.5 Å². The molecule has 0 unspecified atom stereocenters. The molecule has 0 bridgehead atoms.